The summed E-state index contributed by atoms with van der Waals surface area (Å²) in [4.78, 5) is 36.7. The Kier molecular flexibility index (Phi) is 7.39. The van der Waals surface area contributed by atoms with Gasteiger partial charge in [0.25, 0.3) is 5.91 Å². The van der Waals surface area contributed by atoms with Gasteiger partial charge in [0, 0.05) is 23.7 Å². The Hall–Kier alpha value is -3.15. The van der Waals surface area contributed by atoms with Crippen LogP contribution in [0.5, 0.6) is 0 Å². The molecule has 0 heterocycles. The molecule has 0 unspecified atom stereocenters. The Morgan fingerprint density at radius 1 is 0.862 bits per heavy atom. The summed E-state index contributed by atoms with van der Waals surface area (Å²) in [5, 5.41) is 8.30. The predicted octanol–water partition coefficient (Wildman–Crippen LogP) is 3.25. The van der Waals surface area contributed by atoms with Gasteiger partial charge in [-0.2, -0.15) is 0 Å². The van der Waals surface area contributed by atoms with E-state index in [2.05, 4.69) is 16.0 Å². The van der Waals surface area contributed by atoms with Crippen molar-refractivity contribution >= 4 is 23.4 Å². The Morgan fingerprint density at radius 3 is 2.38 bits per heavy atom. The molecule has 0 aliphatic heterocycles. The molecule has 1 aliphatic carbocycles. The molecule has 0 bridgehead atoms. The normalized spacial score (nSPS) is 14.1. The minimum atomic E-state index is -0.353. The molecule has 1 fully saturated rings. The molecule has 3 amide bonds. The molecule has 6 heteroatoms. The van der Waals surface area contributed by atoms with Gasteiger partial charge < -0.3 is 16.0 Å². The first-order valence-corrected chi connectivity index (χ1v) is 10.1. The van der Waals surface area contributed by atoms with Crippen LogP contribution in [0.2, 0.25) is 0 Å². The maximum atomic E-state index is 12.4. The van der Waals surface area contributed by atoms with Crippen LogP contribution < -0.4 is 16.0 Å². The summed E-state index contributed by atoms with van der Waals surface area (Å²) >= 11 is 0. The topological polar surface area (TPSA) is 87.3 Å². The second-order valence-corrected chi connectivity index (χ2v) is 7.35. The van der Waals surface area contributed by atoms with Gasteiger partial charge in [0.1, 0.15) is 0 Å². The lowest BCUT2D eigenvalue weighted by Crippen LogP contribution is -2.36. The first kappa shape index (κ1) is 20.6. The van der Waals surface area contributed by atoms with Gasteiger partial charge in [0.05, 0.1) is 6.54 Å². The van der Waals surface area contributed by atoms with Crippen LogP contribution in [0.25, 0.3) is 0 Å². The minimum Gasteiger partial charge on any atom is -0.350 e. The highest BCUT2D eigenvalue weighted by Gasteiger charge is 2.21. The number of amides is 3. The number of carbonyl (C=O) groups excluding carboxylic acids is 3. The molecule has 0 spiro atoms. The van der Waals surface area contributed by atoms with Crippen molar-refractivity contribution in [3.8, 4) is 0 Å². The minimum absolute atomic E-state index is 0.0162. The smallest absolute Gasteiger partial charge is 0.251 e. The number of rotatable bonds is 7. The van der Waals surface area contributed by atoms with Crippen molar-refractivity contribution in [1.29, 1.82) is 0 Å². The van der Waals surface area contributed by atoms with E-state index in [0.29, 0.717) is 17.8 Å². The number of hydrogen-bond acceptors (Lipinski definition) is 3. The zero-order valence-electron chi connectivity index (χ0n) is 16.4. The standard InChI is InChI=1S/C23H27N3O3/c27-21(24-15-17-8-3-1-4-9-17)16-25-22(28)19-12-7-13-20(14-19)26-23(29)18-10-5-2-6-11-18/h1,3-4,7-9,12-14,18H,2,5-6,10-11,15-16H2,(H,24,27)(H,25,28)(H,26,29). The SMILES string of the molecule is O=C(CNC(=O)c1cccc(NC(=O)C2CCCCC2)c1)NCc1ccccc1. The van der Waals surface area contributed by atoms with E-state index in [1.165, 1.54) is 6.42 Å². The van der Waals surface area contributed by atoms with Crippen molar-refractivity contribution in [2.24, 2.45) is 5.92 Å². The van der Waals surface area contributed by atoms with Crippen LogP contribution >= 0.6 is 0 Å². The van der Waals surface area contributed by atoms with Crippen molar-refractivity contribution in [1.82, 2.24) is 10.6 Å². The van der Waals surface area contributed by atoms with Gasteiger partial charge in [0.15, 0.2) is 0 Å². The second kappa shape index (κ2) is 10.4. The Morgan fingerprint density at radius 2 is 1.62 bits per heavy atom. The van der Waals surface area contributed by atoms with E-state index in [-0.39, 0.29) is 30.2 Å². The zero-order chi connectivity index (χ0) is 20.5. The van der Waals surface area contributed by atoms with E-state index in [4.69, 9.17) is 0 Å². The third-order valence-corrected chi connectivity index (χ3v) is 5.11. The third-order valence-electron chi connectivity index (χ3n) is 5.11. The fourth-order valence-electron chi connectivity index (χ4n) is 3.47. The maximum absolute atomic E-state index is 12.4. The third kappa shape index (κ3) is 6.45. The van der Waals surface area contributed by atoms with Gasteiger partial charge in [-0.05, 0) is 36.6 Å². The molecular formula is C23H27N3O3. The molecule has 3 N–H and O–H groups in total. The number of carbonyl (C=O) groups is 3. The van der Waals surface area contributed by atoms with Crippen LogP contribution in [0.1, 0.15) is 48.0 Å². The summed E-state index contributed by atoms with van der Waals surface area (Å²) in [5.41, 5.74) is 2.00. The lowest BCUT2D eigenvalue weighted by Gasteiger charge is -2.20. The average molecular weight is 393 g/mol. The van der Waals surface area contributed by atoms with Gasteiger partial charge in [-0.25, -0.2) is 0 Å². The van der Waals surface area contributed by atoms with Crippen molar-refractivity contribution in [3.05, 3.63) is 65.7 Å². The van der Waals surface area contributed by atoms with E-state index in [1.807, 2.05) is 30.3 Å². The molecule has 2 aromatic carbocycles. The average Bonchev–Trinajstić information content (AvgIpc) is 2.77. The molecule has 0 saturated heterocycles. The fourth-order valence-corrected chi connectivity index (χ4v) is 3.47. The van der Waals surface area contributed by atoms with Crippen LogP contribution in [0, 0.1) is 5.92 Å². The van der Waals surface area contributed by atoms with Gasteiger partial charge in [-0.1, -0.05) is 55.7 Å². The summed E-state index contributed by atoms with van der Waals surface area (Å²) in [6.45, 7) is 0.308. The number of nitrogens with one attached hydrogen (secondary N) is 3. The van der Waals surface area contributed by atoms with Crippen LogP contribution in [-0.4, -0.2) is 24.3 Å². The van der Waals surface area contributed by atoms with Gasteiger partial charge >= 0.3 is 0 Å². The highest BCUT2D eigenvalue weighted by Crippen LogP contribution is 2.25. The highest BCUT2D eigenvalue weighted by molar-refractivity contribution is 5.99. The zero-order valence-corrected chi connectivity index (χ0v) is 16.4. The van der Waals surface area contributed by atoms with E-state index >= 15 is 0 Å². The molecule has 6 nitrogen and oxygen atoms in total. The summed E-state index contributed by atoms with van der Waals surface area (Å²) in [6.07, 6.45) is 5.21. The van der Waals surface area contributed by atoms with Crippen molar-refractivity contribution in [2.75, 3.05) is 11.9 Å². The van der Waals surface area contributed by atoms with Gasteiger partial charge in [0.2, 0.25) is 11.8 Å². The van der Waals surface area contributed by atoms with E-state index < -0.39 is 0 Å². The number of anilines is 1. The monoisotopic (exact) mass is 393 g/mol. The molecule has 1 aliphatic rings. The second-order valence-electron chi connectivity index (χ2n) is 7.35. The quantitative estimate of drug-likeness (QED) is 0.675. The molecule has 0 aromatic heterocycles. The largest absolute Gasteiger partial charge is 0.350 e. The Bertz CT molecular complexity index is 845. The molecular weight excluding hydrogens is 366 g/mol. The first-order valence-electron chi connectivity index (χ1n) is 10.1. The van der Waals surface area contributed by atoms with Crippen LogP contribution in [0.3, 0.4) is 0 Å². The van der Waals surface area contributed by atoms with Crippen molar-refractivity contribution < 1.29 is 14.4 Å². The molecule has 3 rings (SSSR count). The molecule has 0 radical (unpaired) electrons. The predicted molar refractivity (Wildman–Crippen MR) is 112 cm³/mol. The summed E-state index contributed by atoms with van der Waals surface area (Å²) in [7, 11) is 0. The van der Waals surface area contributed by atoms with E-state index in [1.54, 1.807) is 24.3 Å². The lowest BCUT2D eigenvalue weighted by molar-refractivity contribution is -0.121. The highest BCUT2D eigenvalue weighted by atomic mass is 16.2. The van der Waals surface area contributed by atoms with Crippen LogP contribution in [0.15, 0.2) is 54.6 Å². The van der Waals surface area contributed by atoms with Crippen molar-refractivity contribution in [3.63, 3.8) is 0 Å². The summed E-state index contributed by atoms with van der Waals surface area (Å²) < 4.78 is 0. The van der Waals surface area contributed by atoms with Crippen LogP contribution in [0.4, 0.5) is 5.69 Å². The summed E-state index contributed by atoms with van der Waals surface area (Å²) in [6, 6.07) is 16.4. The fraction of sp³-hybridized carbons (Fsp3) is 0.348. The first-order chi connectivity index (χ1) is 14.1. The molecule has 2 aromatic rings. The van der Waals surface area contributed by atoms with Gasteiger partial charge in [-0.3, -0.25) is 14.4 Å². The van der Waals surface area contributed by atoms with Crippen molar-refractivity contribution in [2.45, 2.75) is 38.6 Å². The van der Waals surface area contributed by atoms with E-state index in [0.717, 1.165) is 31.2 Å². The molecule has 1 saturated carbocycles. The van der Waals surface area contributed by atoms with E-state index in [9.17, 15) is 14.4 Å². The molecule has 29 heavy (non-hydrogen) atoms. The Labute approximate surface area is 171 Å². The summed E-state index contributed by atoms with van der Waals surface area (Å²) in [5.74, 6) is -0.547. The Balaban J connectivity index is 1.47. The number of hydrogen-bond donors (Lipinski definition) is 3. The lowest BCUT2D eigenvalue weighted by atomic mass is 9.88. The maximum Gasteiger partial charge on any atom is 0.251 e. The molecule has 0 atom stereocenters. The number of benzene rings is 2. The molecule has 152 valence electrons. The van der Waals surface area contributed by atoms with Crippen LogP contribution in [-0.2, 0) is 16.1 Å². The van der Waals surface area contributed by atoms with Gasteiger partial charge in [-0.15, -0.1) is 0 Å².